The van der Waals surface area contributed by atoms with Crippen molar-refractivity contribution >= 4 is 0 Å². The van der Waals surface area contributed by atoms with Gasteiger partial charge in [0.05, 0.1) is 11.5 Å². The van der Waals surface area contributed by atoms with Crippen molar-refractivity contribution < 1.29 is 0 Å². The molecule has 0 saturated heterocycles. The highest BCUT2D eigenvalue weighted by Crippen LogP contribution is 2.26. The summed E-state index contributed by atoms with van der Waals surface area (Å²) >= 11 is 0. The molecule has 0 bridgehead atoms. The van der Waals surface area contributed by atoms with Crippen LogP contribution < -0.4 is 0 Å². The van der Waals surface area contributed by atoms with Crippen molar-refractivity contribution in [2.75, 3.05) is 13.1 Å². The lowest BCUT2D eigenvalue weighted by Gasteiger charge is -2.31. The molecule has 1 saturated carbocycles. The quantitative estimate of drug-likeness (QED) is 0.676. The predicted octanol–water partition coefficient (Wildman–Crippen LogP) is 4.22. The van der Waals surface area contributed by atoms with Crippen LogP contribution in [-0.4, -0.2) is 24.0 Å². The molecule has 1 fully saturated rings. The minimum absolute atomic E-state index is 0.172. The summed E-state index contributed by atoms with van der Waals surface area (Å²) in [5.74, 6) is 0.776. The van der Waals surface area contributed by atoms with Crippen LogP contribution in [0.3, 0.4) is 0 Å². The molecule has 0 N–H and O–H groups in total. The van der Waals surface area contributed by atoms with Crippen LogP contribution in [0.5, 0.6) is 0 Å². The Morgan fingerprint density at radius 2 is 1.83 bits per heavy atom. The maximum atomic E-state index is 9.12. The van der Waals surface area contributed by atoms with E-state index < -0.39 is 0 Å². The van der Waals surface area contributed by atoms with Crippen LogP contribution in [0.1, 0.15) is 66.2 Å². The van der Waals surface area contributed by atoms with Gasteiger partial charge in [0.1, 0.15) is 0 Å². The van der Waals surface area contributed by atoms with Crippen LogP contribution in [0.4, 0.5) is 0 Å². The molecule has 0 amide bonds. The lowest BCUT2D eigenvalue weighted by atomic mass is 9.91. The van der Waals surface area contributed by atoms with Crippen molar-refractivity contribution in [2.45, 2.75) is 72.3 Å². The monoisotopic (exact) mass is 250 g/mol. The molecule has 0 atom stereocenters. The molecular weight excluding hydrogens is 220 g/mol. The zero-order valence-electron chi connectivity index (χ0n) is 12.7. The van der Waals surface area contributed by atoms with Gasteiger partial charge in [-0.3, -0.25) is 0 Å². The highest BCUT2D eigenvalue weighted by molar-refractivity contribution is 4.92. The number of nitrogens with zero attached hydrogens (tertiary/aromatic N) is 2. The van der Waals surface area contributed by atoms with Gasteiger partial charge >= 0.3 is 0 Å². The SMILES string of the molecule is CC(C)CCN(CCC(C)(C)C#N)C1CCCC1. The summed E-state index contributed by atoms with van der Waals surface area (Å²) in [6, 6.07) is 3.22. The molecule has 0 aliphatic heterocycles. The fourth-order valence-corrected chi connectivity index (χ4v) is 2.65. The highest BCUT2D eigenvalue weighted by Gasteiger charge is 2.25. The van der Waals surface area contributed by atoms with Crippen molar-refractivity contribution in [3.05, 3.63) is 0 Å². The van der Waals surface area contributed by atoms with Crippen LogP contribution in [0.15, 0.2) is 0 Å². The average Bonchev–Trinajstić information content (AvgIpc) is 2.82. The molecule has 0 aromatic carbocycles. The van der Waals surface area contributed by atoms with Gasteiger partial charge in [0.2, 0.25) is 0 Å². The van der Waals surface area contributed by atoms with Crippen molar-refractivity contribution in [1.82, 2.24) is 4.90 Å². The molecule has 0 spiro atoms. The van der Waals surface area contributed by atoms with E-state index in [1.54, 1.807) is 0 Å². The lowest BCUT2D eigenvalue weighted by molar-refractivity contribution is 0.170. The molecule has 1 rings (SSSR count). The molecule has 0 heterocycles. The summed E-state index contributed by atoms with van der Waals surface area (Å²) in [7, 11) is 0. The fraction of sp³-hybridized carbons (Fsp3) is 0.938. The first-order valence-corrected chi connectivity index (χ1v) is 7.60. The van der Waals surface area contributed by atoms with Gasteiger partial charge in [0.25, 0.3) is 0 Å². The fourth-order valence-electron chi connectivity index (χ4n) is 2.65. The van der Waals surface area contributed by atoms with E-state index >= 15 is 0 Å². The predicted molar refractivity (Wildman–Crippen MR) is 77.3 cm³/mol. The summed E-state index contributed by atoms with van der Waals surface area (Å²) in [5, 5.41) is 9.12. The Labute approximate surface area is 113 Å². The van der Waals surface area contributed by atoms with Gasteiger partial charge in [-0.25, -0.2) is 0 Å². The van der Waals surface area contributed by atoms with E-state index in [1.165, 1.54) is 38.6 Å². The first kappa shape index (κ1) is 15.5. The Hall–Kier alpha value is -0.550. The molecular formula is C16H30N2. The lowest BCUT2D eigenvalue weighted by Crippen LogP contribution is -2.37. The van der Waals surface area contributed by atoms with Crippen LogP contribution in [-0.2, 0) is 0 Å². The zero-order chi connectivity index (χ0) is 13.6. The maximum absolute atomic E-state index is 9.12. The topological polar surface area (TPSA) is 27.0 Å². The maximum Gasteiger partial charge on any atom is 0.0684 e. The third-order valence-electron chi connectivity index (χ3n) is 4.16. The number of nitriles is 1. The van der Waals surface area contributed by atoms with E-state index in [9.17, 15) is 0 Å². The Bertz CT molecular complexity index is 269. The molecule has 0 radical (unpaired) electrons. The van der Waals surface area contributed by atoms with Gasteiger partial charge in [0, 0.05) is 6.04 Å². The Morgan fingerprint density at radius 3 is 2.33 bits per heavy atom. The molecule has 2 heteroatoms. The van der Waals surface area contributed by atoms with Crippen molar-refractivity contribution in [3.63, 3.8) is 0 Å². The van der Waals surface area contributed by atoms with Gasteiger partial charge in [-0.05, 0) is 58.5 Å². The van der Waals surface area contributed by atoms with Gasteiger partial charge < -0.3 is 4.90 Å². The molecule has 1 aliphatic rings. The van der Waals surface area contributed by atoms with Crippen LogP contribution >= 0.6 is 0 Å². The number of hydrogen-bond acceptors (Lipinski definition) is 2. The summed E-state index contributed by atoms with van der Waals surface area (Å²) in [5.41, 5.74) is -0.172. The van der Waals surface area contributed by atoms with Gasteiger partial charge in [-0.2, -0.15) is 5.26 Å². The molecule has 0 aromatic rings. The van der Waals surface area contributed by atoms with Crippen molar-refractivity contribution in [3.8, 4) is 6.07 Å². The first-order chi connectivity index (χ1) is 8.44. The molecule has 1 aliphatic carbocycles. The van der Waals surface area contributed by atoms with E-state index in [4.69, 9.17) is 5.26 Å². The molecule has 104 valence electrons. The zero-order valence-corrected chi connectivity index (χ0v) is 12.7. The molecule has 2 nitrogen and oxygen atoms in total. The van der Waals surface area contributed by atoms with Crippen molar-refractivity contribution in [1.29, 1.82) is 5.26 Å². The van der Waals surface area contributed by atoms with E-state index in [0.29, 0.717) is 0 Å². The van der Waals surface area contributed by atoms with E-state index in [0.717, 1.165) is 24.9 Å². The third-order valence-corrected chi connectivity index (χ3v) is 4.16. The van der Waals surface area contributed by atoms with Crippen LogP contribution in [0, 0.1) is 22.7 Å². The van der Waals surface area contributed by atoms with Crippen molar-refractivity contribution in [2.24, 2.45) is 11.3 Å². The minimum atomic E-state index is -0.172. The molecule has 0 aromatic heterocycles. The van der Waals surface area contributed by atoms with Crippen LogP contribution in [0.25, 0.3) is 0 Å². The minimum Gasteiger partial charge on any atom is -0.300 e. The second-order valence-corrected chi connectivity index (χ2v) is 6.90. The van der Waals surface area contributed by atoms with E-state index in [1.807, 2.05) is 0 Å². The third kappa shape index (κ3) is 5.40. The van der Waals surface area contributed by atoms with Gasteiger partial charge in [-0.15, -0.1) is 0 Å². The molecule has 0 unspecified atom stereocenters. The normalized spacial score (nSPS) is 17.6. The largest absolute Gasteiger partial charge is 0.300 e. The number of hydrogen-bond donors (Lipinski definition) is 0. The number of rotatable bonds is 7. The standard InChI is InChI=1S/C16H30N2/c1-14(2)9-11-18(15-7-5-6-8-15)12-10-16(3,4)13-17/h14-15H,5-12H2,1-4H3. The second kappa shape index (κ2) is 7.14. The van der Waals surface area contributed by atoms with E-state index in [2.05, 4.69) is 38.7 Å². The Morgan fingerprint density at radius 1 is 1.22 bits per heavy atom. The second-order valence-electron chi connectivity index (χ2n) is 6.90. The smallest absolute Gasteiger partial charge is 0.0684 e. The van der Waals surface area contributed by atoms with E-state index in [-0.39, 0.29) is 5.41 Å². The summed E-state index contributed by atoms with van der Waals surface area (Å²) < 4.78 is 0. The van der Waals surface area contributed by atoms with Crippen LogP contribution in [0.2, 0.25) is 0 Å². The highest BCUT2D eigenvalue weighted by atomic mass is 15.2. The van der Waals surface area contributed by atoms with Gasteiger partial charge in [-0.1, -0.05) is 26.7 Å². The summed E-state index contributed by atoms with van der Waals surface area (Å²) in [6.45, 7) is 11.0. The summed E-state index contributed by atoms with van der Waals surface area (Å²) in [6.07, 6.45) is 7.80. The summed E-state index contributed by atoms with van der Waals surface area (Å²) in [4.78, 5) is 2.66. The average molecular weight is 250 g/mol. The Balaban J connectivity index is 2.46. The Kier molecular flexibility index (Phi) is 6.15. The molecule has 18 heavy (non-hydrogen) atoms. The van der Waals surface area contributed by atoms with Gasteiger partial charge in [0.15, 0.2) is 0 Å². The first-order valence-electron chi connectivity index (χ1n) is 7.60.